The Morgan fingerprint density at radius 2 is 1.94 bits per heavy atom. The Kier molecular flexibility index (Phi) is 4.10. The van der Waals surface area contributed by atoms with E-state index in [1.54, 1.807) is 12.4 Å². The minimum absolute atomic E-state index is 0.568. The molecule has 0 aromatic carbocycles. The fourth-order valence-corrected chi connectivity index (χ4v) is 2.07. The van der Waals surface area contributed by atoms with Crippen LogP contribution in [0.5, 0.6) is 5.75 Å². The Morgan fingerprint density at radius 3 is 2.56 bits per heavy atom. The number of aromatic nitrogens is 2. The van der Waals surface area contributed by atoms with E-state index in [9.17, 15) is 0 Å². The highest BCUT2D eigenvalue weighted by Gasteiger charge is 2.19. The van der Waals surface area contributed by atoms with E-state index in [1.807, 2.05) is 0 Å². The molecule has 4 nitrogen and oxygen atoms in total. The normalized spacial score (nSPS) is 16.6. The second-order valence-electron chi connectivity index (χ2n) is 4.25. The lowest BCUT2D eigenvalue weighted by atomic mass is 10.1. The highest BCUT2D eigenvalue weighted by atomic mass is 16.5. The van der Waals surface area contributed by atoms with Gasteiger partial charge in [0.05, 0.1) is 19.0 Å². The fraction of sp³-hybridized carbons (Fsp3) is 0.667. The summed E-state index contributed by atoms with van der Waals surface area (Å²) in [5.74, 6) is 2.29. The predicted octanol–water partition coefficient (Wildman–Crippen LogP) is 1.86. The van der Waals surface area contributed by atoms with Crippen molar-refractivity contribution in [2.45, 2.75) is 38.0 Å². The van der Waals surface area contributed by atoms with Gasteiger partial charge in [-0.25, -0.2) is 9.97 Å². The zero-order valence-corrected chi connectivity index (χ0v) is 9.56. The lowest BCUT2D eigenvalue weighted by Crippen LogP contribution is -2.07. The van der Waals surface area contributed by atoms with E-state index in [2.05, 4.69) is 9.97 Å². The van der Waals surface area contributed by atoms with E-state index in [0.717, 1.165) is 18.0 Å². The lowest BCUT2D eigenvalue weighted by Gasteiger charge is -2.08. The molecule has 1 aliphatic carbocycles. The van der Waals surface area contributed by atoms with Gasteiger partial charge in [0, 0.05) is 5.92 Å². The molecule has 16 heavy (non-hydrogen) atoms. The average Bonchev–Trinajstić information content (AvgIpc) is 2.84. The molecule has 0 saturated heterocycles. The molecule has 1 fully saturated rings. The molecule has 0 atom stereocenters. The van der Waals surface area contributed by atoms with Gasteiger partial charge in [-0.3, -0.25) is 0 Å². The third kappa shape index (κ3) is 2.92. The molecule has 0 aliphatic heterocycles. The topological polar surface area (TPSA) is 61.0 Å². The first-order chi connectivity index (χ1) is 7.90. The minimum Gasteiger partial charge on any atom is -0.490 e. The van der Waals surface area contributed by atoms with Crippen LogP contribution in [-0.4, -0.2) is 23.1 Å². The Morgan fingerprint density at radius 1 is 1.25 bits per heavy atom. The second kappa shape index (κ2) is 5.80. The SMILES string of the molecule is NCCCOc1cnc(C2CCCC2)nc1. The van der Waals surface area contributed by atoms with Crippen LogP contribution in [0.3, 0.4) is 0 Å². The van der Waals surface area contributed by atoms with Gasteiger partial charge in [0.25, 0.3) is 0 Å². The van der Waals surface area contributed by atoms with Crippen LogP contribution in [0.25, 0.3) is 0 Å². The van der Waals surface area contributed by atoms with Gasteiger partial charge in [-0.1, -0.05) is 12.8 Å². The van der Waals surface area contributed by atoms with Crippen molar-refractivity contribution in [3.63, 3.8) is 0 Å². The third-order valence-corrected chi connectivity index (χ3v) is 2.99. The van der Waals surface area contributed by atoms with Crippen LogP contribution in [0.15, 0.2) is 12.4 Å². The van der Waals surface area contributed by atoms with Crippen molar-refractivity contribution in [1.29, 1.82) is 0 Å². The molecule has 0 unspecified atom stereocenters. The largest absolute Gasteiger partial charge is 0.490 e. The van der Waals surface area contributed by atoms with Crippen molar-refractivity contribution in [3.05, 3.63) is 18.2 Å². The molecular formula is C12H19N3O. The van der Waals surface area contributed by atoms with Gasteiger partial charge in [0.1, 0.15) is 5.82 Å². The molecule has 0 bridgehead atoms. The van der Waals surface area contributed by atoms with E-state index in [4.69, 9.17) is 10.5 Å². The van der Waals surface area contributed by atoms with Crippen LogP contribution in [-0.2, 0) is 0 Å². The monoisotopic (exact) mass is 221 g/mol. The number of ether oxygens (including phenoxy) is 1. The lowest BCUT2D eigenvalue weighted by molar-refractivity contribution is 0.310. The number of nitrogens with two attached hydrogens (primary N) is 1. The van der Waals surface area contributed by atoms with Gasteiger partial charge in [0.2, 0.25) is 0 Å². The van der Waals surface area contributed by atoms with Gasteiger partial charge in [-0.05, 0) is 25.8 Å². The number of hydrogen-bond acceptors (Lipinski definition) is 4. The Balaban J connectivity index is 1.88. The minimum atomic E-state index is 0.568. The standard InChI is InChI=1S/C12H19N3O/c13-6-3-7-16-11-8-14-12(15-9-11)10-4-1-2-5-10/h8-10H,1-7,13H2. The Hall–Kier alpha value is -1.16. The van der Waals surface area contributed by atoms with E-state index < -0.39 is 0 Å². The summed E-state index contributed by atoms with van der Waals surface area (Å²) in [7, 11) is 0. The number of rotatable bonds is 5. The van der Waals surface area contributed by atoms with Crippen LogP contribution in [0.1, 0.15) is 43.8 Å². The summed E-state index contributed by atoms with van der Waals surface area (Å²) in [4.78, 5) is 8.74. The maximum Gasteiger partial charge on any atom is 0.155 e. The quantitative estimate of drug-likeness (QED) is 0.771. The average molecular weight is 221 g/mol. The maximum atomic E-state index is 5.46. The van der Waals surface area contributed by atoms with Gasteiger partial charge in [-0.2, -0.15) is 0 Å². The zero-order chi connectivity index (χ0) is 11.2. The molecule has 1 aromatic rings. The second-order valence-corrected chi connectivity index (χ2v) is 4.25. The van der Waals surface area contributed by atoms with Crippen LogP contribution in [0.2, 0.25) is 0 Å². The van der Waals surface area contributed by atoms with Crippen molar-refractivity contribution in [3.8, 4) is 5.75 Å². The first-order valence-corrected chi connectivity index (χ1v) is 6.05. The third-order valence-electron chi connectivity index (χ3n) is 2.99. The fourth-order valence-electron chi connectivity index (χ4n) is 2.07. The summed E-state index contributed by atoms with van der Waals surface area (Å²) < 4.78 is 5.46. The van der Waals surface area contributed by atoms with Crippen molar-refractivity contribution in [2.24, 2.45) is 5.73 Å². The molecule has 1 aliphatic rings. The van der Waals surface area contributed by atoms with Crippen LogP contribution in [0, 0.1) is 0 Å². The molecule has 2 rings (SSSR count). The Labute approximate surface area is 96.2 Å². The molecule has 2 N–H and O–H groups in total. The van der Waals surface area contributed by atoms with Crippen LogP contribution in [0.4, 0.5) is 0 Å². The zero-order valence-electron chi connectivity index (χ0n) is 9.56. The van der Waals surface area contributed by atoms with E-state index >= 15 is 0 Å². The molecule has 1 saturated carbocycles. The summed E-state index contributed by atoms with van der Waals surface area (Å²) in [6.45, 7) is 1.30. The summed E-state index contributed by atoms with van der Waals surface area (Å²) in [6.07, 6.45) is 9.49. The van der Waals surface area contributed by atoms with Gasteiger partial charge < -0.3 is 10.5 Å². The predicted molar refractivity (Wildman–Crippen MR) is 62.4 cm³/mol. The van der Waals surface area contributed by atoms with Crippen LogP contribution >= 0.6 is 0 Å². The number of nitrogens with zero attached hydrogens (tertiary/aromatic N) is 2. The van der Waals surface area contributed by atoms with E-state index in [0.29, 0.717) is 19.1 Å². The van der Waals surface area contributed by atoms with Crippen molar-refractivity contribution >= 4 is 0 Å². The summed E-state index contributed by atoms with van der Waals surface area (Å²) in [5.41, 5.74) is 5.39. The maximum absolute atomic E-state index is 5.46. The molecule has 0 radical (unpaired) electrons. The first-order valence-electron chi connectivity index (χ1n) is 6.05. The van der Waals surface area contributed by atoms with Gasteiger partial charge in [0.15, 0.2) is 5.75 Å². The highest BCUT2D eigenvalue weighted by molar-refractivity contribution is 5.14. The van der Waals surface area contributed by atoms with Crippen LogP contribution < -0.4 is 10.5 Å². The number of hydrogen-bond donors (Lipinski definition) is 1. The molecular weight excluding hydrogens is 202 g/mol. The first kappa shape index (κ1) is 11.3. The van der Waals surface area contributed by atoms with Crippen molar-refractivity contribution in [2.75, 3.05) is 13.2 Å². The van der Waals surface area contributed by atoms with E-state index in [1.165, 1.54) is 25.7 Å². The molecule has 0 spiro atoms. The van der Waals surface area contributed by atoms with E-state index in [-0.39, 0.29) is 0 Å². The molecule has 4 heteroatoms. The smallest absolute Gasteiger partial charge is 0.155 e. The summed E-state index contributed by atoms with van der Waals surface area (Å²) in [5, 5.41) is 0. The molecule has 1 heterocycles. The molecule has 1 aromatic heterocycles. The molecule has 88 valence electrons. The summed E-state index contributed by atoms with van der Waals surface area (Å²) >= 11 is 0. The van der Waals surface area contributed by atoms with Crippen molar-refractivity contribution < 1.29 is 4.74 Å². The highest BCUT2D eigenvalue weighted by Crippen LogP contribution is 2.31. The van der Waals surface area contributed by atoms with Crippen molar-refractivity contribution in [1.82, 2.24) is 9.97 Å². The molecule has 0 amide bonds. The summed E-state index contributed by atoms with van der Waals surface area (Å²) in [6, 6.07) is 0. The van der Waals surface area contributed by atoms with Gasteiger partial charge >= 0.3 is 0 Å². The Bertz CT molecular complexity index is 307. The van der Waals surface area contributed by atoms with Gasteiger partial charge in [-0.15, -0.1) is 0 Å².